The number of hydrogen-bond donors (Lipinski definition) is 2. The lowest BCUT2D eigenvalue weighted by atomic mass is 10.2. The molecule has 1 fully saturated rings. The summed E-state index contributed by atoms with van der Waals surface area (Å²) in [5.74, 6) is 1.16. The van der Waals surface area contributed by atoms with Crippen LogP contribution in [0.1, 0.15) is 31.5 Å². The van der Waals surface area contributed by atoms with E-state index in [0.717, 1.165) is 18.4 Å². The molecule has 104 valence electrons. The highest BCUT2D eigenvalue weighted by Crippen LogP contribution is 2.17. The van der Waals surface area contributed by atoms with Crippen LogP contribution in [0.5, 0.6) is 0 Å². The Morgan fingerprint density at radius 2 is 2.25 bits per heavy atom. The summed E-state index contributed by atoms with van der Waals surface area (Å²) in [5.41, 5.74) is 0.839. The Kier molecular flexibility index (Phi) is 3.71. The number of H-pyrrole nitrogens is 1. The summed E-state index contributed by atoms with van der Waals surface area (Å²) in [6.45, 7) is 0. The number of carbonyl (C=O) groups excluding carboxylic acids is 1. The van der Waals surface area contributed by atoms with Crippen LogP contribution in [0.4, 0.5) is 0 Å². The van der Waals surface area contributed by atoms with Crippen molar-refractivity contribution < 1.29 is 4.79 Å². The van der Waals surface area contributed by atoms with Crippen molar-refractivity contribution in [3.05, 3.63) is 30.4 Å². The summed E-state index contributed by atoms with van der Waals surface area (Å²) < 4.78 is 0. The maximum absolute atomic E-state index is 11.9. The van der Waals surface area contributed by atoms with Crippen molar-refractivity contribution in [2.45, 2.75) is 38.1 Å². The SMILES string of the molecule is O=C(Cc1nc(-c2cccnc2)n[nH]1)NC1CCCC1. The largest absolute Gasteiger partial charge is 0.353 e. The smallest absolute Gasteiger partial charge is 0.227 e. The van der Waals surface area contributed by atoms with Crippen LogP contribution < -0.4 is 5.32 Å². The number of pyridine rings is 1. The molecule has 1 amide bonds. The normalized spacial score (nSPS) is 15.4. The van der Waals surface area contributed by atoms with Crippen LogP contribution in [-0.2, 0) is 11.2 Å². The van der Waals surface area contributed by atoms with Crippen LogP contribution in [0.15, 0.2) is 24.5 Å². The Balaban J connectivity index is 1.61. The summed E-state index contributed by atoms with van der Waals surface area (Å²) in [5, 5.41) is 9.96. The third-order valence-corrected chi connectivity index (χ3v) is 3.50. The molecule has 2 aromatic heterocycles. The van der Waals surface area contributed by atoms with Crippen molar-refractivity contribution in [2.24, 2.45) is 0 Å². The van der Waals surface area contributed by atoms with E-state index in [2.05, 4.69) is 25.5 Å². The van der Waals surface area contributed by atoms with Gasteiger partial charge in [-0.1, -0.05) is 12.8 Å². The van der Waals surface area contributed by atoms with Crippen LogP contribution in [0, 0.1) is 0 Å². The second kappa shape index (κ2) is 5.81. The average molecular weight is 271 g/mol. The number of rotatable bonds is 4. The lowest BCUT2D eigenvalue weighted by Gasteiger charge is -2.10. The molecule has 0 unspecified atom stereocenters. The van der Waals surface area contributed by atoms with E-state index in [1.807, 2.05) is 12.1 Å². The van der Waals surface area contributed by atoms with Gasteiger partial charge in [-0.2, -0.15) is 5.10 Å². The number of aromatic nitrogens is 4. The van der Waals surface area contributed by atoms with E-state index >= 15 is 0 Å². The Labute approximate surface area is 117 Å². The summed E-state index contributed by atoms with van der Waals surface area (Å²) in [6.07, 6.45) is 8.23. The zero-order chi connectivity index (χ0) is 13.8. The number of nitrogens with zero attached hydrogens (tertiary/aromatic N) is 3. The first-order valence-electron chi connectivity index (χ1n) is 6.92. The van der Waals surface area contributed by atoms with Gasteiger partial charge in [-0.25, -0.2) is 4.98 Å². The minimum atomic E-state index is 0.00536. The average Bonchev–Trinajstić information content (AvgIpc) is 3.11. The first kappa shape index (κ1) is 12.8. The van der Waals surface area contributed by atoms with E-state index in [4.69, 9.17) is 0 Å². The van der Waals surface area contributed by atoms with Crippen molar-refractivity contribution in [1.29, 1.82) is 0 Å². The number of hydrogen-bond acceptors (Lipinski definition) is 4. The molecule has 0 spiro atoms. The molecule has 0 aromatic carbocycles. The van der Waals surface area contributed by atoms with Gasteiger partial charge in [-0.3, -0.25) is 14.9 Å². The Morgan fingerprint density at radius 1 is 1.40 bits per heavy atom. The molecule has 0 bridgehead atoms. The quantitative estimate of drug-likeness (QED) is 0.882. The van der Waals surface area contributed by atoms with Crippen molar-refractivity contribution in [3.8, 4) is 11.4 Å². The molecule has 6 nitrogen and oxygen atoms in total. The fourth-order valence-corrected chi connectivity index (χ4v) is 2.50. The molecule has 1 aliphatic rings. The molecule has 0 saturated heterocycles. The Morgan fingerprint density at radius 3 is 3.00 bits per heavy atom. The molecular weight excluding hydrogens is 254 g/mol. The topological polar surface area (TPSA) is 83.6 Å². The van der Waals surface area contributed by atoms with Gasteiger partial charge in [0.15, 0.2) is 5.82 Å². The molecule has 3 rings (SSSR count). The van der Waals surface area contributed by atoms with E-state index in [0.29, 0.717) is 17.7 Å². The molecule has 0 aliphatic heterocycles. The molecule has 0 radical (unpaired) electrons. The van der Waals surface area contributed by atoms with Gasteiger partial charge in [0.2, 0.25) is 5.91 Å². The second-order valence-corrected chi connectivity index (χ2v) is 5.07. The standard InChI is InChI=1S/C14H17N5O/c20-13(16-11-5-1-2-6-11)8-12-17-14(19-18-12)10-4-3-7-15-9-10/h3-4,7,9,11H,1-2,5-6,8H2,(H,16,20)(H,17,18,19). The van der Waals surface area contributed by atoms with Crippen molar-refractivity contribution in [2.75, 3.05) is 0 Å². The van der Waals surface area contributed by atoms with Gasteiger partial charge < -0.3 is 5.32 Å². The van der Waals surface area contributed by atoms with Crippen LogP contribution in [-0.4, -0.2) is 32.1 Å². The molecule has 1 aliphatic carbocycles. The van der Waals surface area contributed by atoms with Gasteiger partial charge in [-0.05, 0) is 25.0 Å². The highest BCUT2D eigenvalue weighted by atomic mass is 16.1. The highest BCUT2D eigenvalue weighted by molar-refractivity contribution is 5.78. The Hall–Kier alpha value is -2.24. The highest BCUT2D eigenvalue weighted by Gasteiger charge is 2.18. The molecule has 20 heavy (non-hydrogen) atoms. The maximum atomic E-state index is 11.9. The van der Waals surface area contributed by atoms with E-state index in [-0.39, 0.29) is 12.3 Å². The maximum Gasteiger partial charge on any atom is 0.227 e. The van der Waals surface area contributed by atoms with E-state index in [1.54, 1.807) is 12.4 Å². The van der Waals surface area contributed by atoms with Gasteiger partial charge in [0.05, 0.1) is 6.42 Å². The zero-order valence-electron chi connectivity index (χ0n) is 11.2. The van der Waals surface area contributed by atoms with Crippen LogP contribution in [0.3, 0.4) is 0 Å². The molecule has 1 saturated carbocycles. The van der Waals surface area contributed by atoms with Gasteiger partial charge in [0.25, 0.3) is 0 Å². The van der Waals surface area contributed by atoms with Gasteiger partial charge in [0.1, 0.15) is 5.82 Å². The van der Waals surface area contributed by atoms with Crippen molar-refractivity contribution in [1.82, 2.24) is 25.5 Å². The fraction of sp³-hybridized carbons (Fsp3) is 0.429. The summed E-state index contributed by atoms with van der Waals surface area (Å²) >= 11 is 0. The van der Waals surface area contributed by atoms with Gasteiger partial charge in [0, 0.05) is 24.0 Å². The third-order valence-electron chi connectivity index (χ3n) is 3.50. The van der Waals surface area contributed by atoms with E-state index < -0.39 is 0 Å². The summed E-state index contributed by atoms with van der Waals surface area (Å²) in [4.78, 5) is 20.3. The van der Waals surface area contributed by atoms with Crippen LogP contribution >= 0.6 is 0 Å². The first-order chi connectivity index (χ1) is 9.81. The number of aromatic amines is 1. The van der Waals surface area contributed by atoms with E-state index in [1.165, 1.54) is 12.8 Å². The first-order valence-corrected chi connectivity index (χ1v) is 6.92. The van der Waals surface area contributed by atoms with Gasteiger partial charge >= 0.3 is 0 Å². The molecule has 6 heteroatoms. The van der Waals surface area contributed by atoms with E-state index in [9.17, 15) is 4.79 Å². The number of amides is 1. The monoisotopic (exact) mass is 271 g/mol. The minimum Gasteiger partial charge on any atom is -0.353 e. The van der Waals surface area contributed by atoms with Crippen molar-refractivity contribution >= 4 is 5.91 Å². The molecule has 2 aromatic rings. The summed E-state index contributed by atoms with van der Waals surface area (Å²) in [6, 6.07) is 4.06. The second-order valence-electron chi connectivity index (χ2n) is 5.07. The number of nitrogens with one attached hydrogen (secondary N) is 2. The minimum absolute atomic E-state index is 0.00536. The zero-order valence-corrected chi connectivity index (χ0v) is 11.2. The van der Waals surface area contributed by atoms with Crippen LogP contribution in [0.25, 0.3) is 11.4 Å². The molecule has 2 N–H and O–H groups in total. The Bertz CT molecular complexity index is 574. The predicted octanol–water partition coefficient (Wildman–Crippen LogP) is 1.47. The van der Waals surface area contributed by atoms with Gasteiger partial charge in [-0.15, -0.1) is 0 Å². The fourth-order valence-electron chi connectivity index (χ4n) is 2.50. The molecule has 2 heterocycles. The van der Waals surface area contributed by atoms with Crippen molar-refractivity contribution in [3.63, 3.8) is 0 Å². The molecular formula is C14H17N5O. The lowest BCUT2D eigenvalue weighted by Crippen LogP contribution is -2.33. The number of carbonyl (C=O) groups is 1. The lowest BCUT2D eigenvalue weighted by molar-refractivity contribution is -0.121. The summed E-state index contributed by atoms with van der Waals surface area (Å²) in [7, 11) is 0. The van der Waals surface area contributed by atoms with Crippen LogP contribution in [0.2, 0.25) is 0 Å². The molecule has 0 atom stereocenters. The predicted molar refractivity (Wildman–Crippen MR) is 73.7 cm³/mol. The third kappa shape index (κ3) is 3.01.